The summed E-state index contributed by atoms with van der Waals surface area (Å²) in [6, 6.07) is 0. The summed E-state index contributed by atoms with van der Waals surface area (Å²) in [7, 11) is 0. The molecule has 10 atom stereocenters. The maximum atomic E-state index is 11.1. The van der Waals surface area contributed by atoms with Crippen molar-refractivity contribution in [2.75, 3.05) is 19.8 Å². The molecule has 0 spiro atoms. The summed E-state index contributed by atoms with van der Waals surface area (Å²) >= 11 is 0. The number of Topliss-reactive ketones (excluding diaryl/α,β-unsaturated/α-hetero) is 1. The van der Waals surface area contributed by atoms with Crippen molar-refractivity contribution in [1.82, 2.24) is 0 Å². The van der Waals surface area contributed by atoms with Gasteiger partial charge in [0.05, 0.1) is 13.2 Å². The number of hydrogen-bond acceptors (Lipinski definition) is 12. The molecule has 0 aromatic carbocycles. The van der Waals surface area contributed by atoms with Crippen molar-refractivity contribution in [2.24, 2.45) is 0 Å². The Kier molecular flexibility index (Phi) is 8.03. The van der Waals surface area contributed by atoms with E-state index in [4.69, 9.17) is 18.9 Å². The molecule has 12 nitrogen and oxygen atoms in total. The summed E-state index contributed by atoms with van der Waals surface area (Å²) in [5, 5.41) is 68.6. The Labute approximate surface area is 154 Å². The zero-order valence-electron chi connectivity index (χ0n) is 14.6. The van der Waals surface area contributed by atoms with Crippen LogP contribution in [-0.2, 0) is 23.7 Å². The summed E-state index contributed by atoms with van der Waals surface area (Å²) in [6.07, 6.45) is -15.2. The first-order valence-electron chi connectivity index (χ1n) is 8.40. The van der Waals surface area contributed by atoms with Crippen molar-refractivity contribution in [2.45, 2.75) is 68.3 Å². The Hall–Kier alpha value is -0.770. The molecule has 0 radical (unpaired) electrons. The molecule has 27 heavy (non-hydrogen) atoms. The molecule has 158 valence electrons. The third-order valence-electron chi connectivity index (χ3n) is 4.43. The predicted octanol–water partition coefficient (Wildman–Crippen LogP) is -4.78. The highest BCUT2D eigenvalue weighted by atomic mass is 16.7. The number of aliphatic hydroxyl groups excluding tert-OH is 7. The van der Waals surface area contributed by atoms with Crippen LogP contribution in [0.5, 0.6) is 0 Å². The second kappa shape index (κ2) is 9.62. The molecular weight excluding hydrogens is 372 g/mol. The molecule has 12 heteroatoms. The predicted molar refractivity (Wildman–Crippen MR) is 83.0 cm³/mol. The lowest BCUT2D eigenvalue weighted by molar-refractivity contribution is -0.357. The fraction of sp³-hybridized carbons (Fsp3) is 0.933. The Balaban J connectivity index is 2.15. The quantitative estimate of drug-likeness (QED) is 0.216. The van der Waals surface area contributed by atoms with Crippen molar-refractivity contribution in [3.05, 3.63) is 0 Å². The molecule has 0 aromatic rings. The Morgan fingerprint density at radius 1 is 0.852 bits per heavy atom. The van der Waals surface area contributed by atoms with Crippen LogP contribution in [0.15, 0.2) is 0 Å². The average Bonchev–Trinajstić information content (AvgIpc) is 2.63. The summed E-state index contributed by atoms with van der Waals surface area (Å²) in [5.74, 6) is -0.368. The van der Waals surface area contributed by atoms with E-state index in [0.717, 1.165) is 0 Å². The number of carbonyl (C=O) groups is 1. The first-order chi connectivity index (χ1) is 12.7. The van der Waals surface area contributed by atoms with Crippen LogP contribution in [0.2, 0.25) is 0 Å². The van der Waals surface area contributed by atoms with E-state index in [1.165, 1.54) is 6.92 Å². The normalized spacial score (nSPS) is 45.6. The maximum absolute atomic E-state index is 11.1. The van der Waals surface area contributed by atoms with Gasteiger partial charge in [-0.15, -0.1) is 0 Å². The molecular formula is C15H26O12. The standard InChI is InChI=1S/C15H26O12/c1-5(18)4-24-13-8(19)6(2-16)26-15(11(13)22)27-12-7(3-17)25-14(23)10(21)9(12)20/h6-17,19-23H,2-4H2,1H3/t6-,7-,8-,9-,10-,11-,12-,13+,14+,15+/m1/s1. The number of aliphatic hydroxyl groups is 7. The van der Waals surface area contributed by atoms with Gasteiger partial charge in [0.2, 0.25) is 0 Å². The summed E-state index contributed by atoms with van der Waals surface area (Å²) in [4.78, 5) is 11.1. The van der Waals surface area contributed by atoms with E-state index in [1.807, 2.05) is 0 Å². The van der Waals surface area contributed by atoms with Gasteiger partial charge in [0.15, 0.2) is 18.4 Å². The molecule has 0 amide bonds. The molecule has 2 heterocycles. The molecule has 0 aromatic heterocycles. The van der Waals surface area contributed by atoms with Crippen LogP contribution in [0.3, 0.4) is 0 Å². The fourth-order valence-corrected chi connectivity index (χ4v) is 2.97. The van der Waals surface area contributed by atoms with Gasteiger partial charge < -0.3 is 54.7 Å². The number of ether oxygens (including phenoxy) is 4. The molecule has 2 fully saturated rings. The first-order valence-corrected chi connectivity index (χ1v) is 8.40. The van der Waals surface area contributed by atoms with Crippen LogP contribution in [-0.4, -0.2) is 123 Å². The van der Waals surface area contributed by atoms with Gasteiger partial charge in [-0.2, -0.15) is 0 Å². The highest BCUT2D eigenvalue weighted by Crippen LogP contribution is 2.29. The Bertz CT molecular complexity index is 487. The molecule has 2 saturated heterocycles. The Morgan fingerprint density at radius 3 is 2.04 bits per heavy atom. The topological polar surface area (TPSA) is 196 Å². The average molecular weight is 398 g/mol. The van der Waals surface area contributed by atoms with Gasteiger partial charge in [0, 0.05) is 0 Å². The monoisotopic (exact) mass is 398 g/mol. The van der Waals surface area contributed by atoms with Crippen molar-refractivity contribution in [1.29, 1.82) is 0 Å². The SMILES string of the molecule is CC(=O)CO[C@@H]1[C@@H](O)[C@H](O[C@H]2[C@H](O)[C@@H](O)[C@@H](O)O[C@@H]2CO)O[C@H](CO)[C@H]1O. The van der Waals surface area contributed by atoms with E-state index in [9.17, 15) is 40.5 Å². The molecule has 2 aliphatic heterocycles. The minimum atomic E-state index is -1.76. The molecule has 0 aliphatic carbocycles. The van der Waals surface area contributed by atoms with E-state index < -0.39 is 81.2 Å². The van der Waals surface area contributed by atoms with Gasteiger partial charge >= 0.3 is 0 Å². The van der Waals surface area contributed by atoms with Crippen LogP contribution in [0, 0.1) is 0 Å². The van der Waals surface area contributed by atoms with Gasteiger partial charge in [0.1, 0.15) is 55.4 Å². The van der Waals surface area contributed by atoms with E-state index >= 15 is 0 Å². The highest BCUT2D eigenvalue weighted by Gasteiger charge is 2.50. The van der Waals surface area contributed by atoms with E-state index in [2.05, 4.69) is 0 Å². The number of hydrogen-bond donors (Lipinski definition) is 7. The molecule has 7 N–H and O–H groups in total. The second-order valence-corrected chi connectivity index (χ2v) is 6.51. The maximum Gasteiger partial charge on any atom is 0.187 e. The lowest BCUT2D eigenvalue weighted by Crippen LogP contribution is -2.64. The minimum Gasteiger partial charge on any atom is -0.394 e. The molecule has 2 rings (SSSR count). The third kappa shape index (κ3) is 4.99. The number of carbonyl (C=O) groups excluding carboxylic acids is 1. The molecule has 0 unspecified atom stereocenters. The van der Waals surface area contributed by atoms with Gasteiger partial charge in [-0.1, -0.05) is 0 Å². The second-order valence-electron chi connectivity index (χ2n) is 6.51. The number of rotatable bonds is 7. The molecule has 0 saturated carbocycles. The van der Waals surface area contributed by atoms with Crippen molar-refractivity contribution in [3.63, 3.8) is 0 Å². The van der Waals surface area contributed by atoms with Crippen molar-refractivity contribution >= 4 is 5.78 Å². The smallest absolute Gasteiger partial charge is 0.187 e. The van der Waals surface area contributed by atoms with Crippen LogP contribution in [0.25, 0.3) is 0 Å². The van der Waals surface area contributed by atoms with Crippen LogP contribution in [0.1, 0.15) is 6.92 Å². The van der Waals surface area contributed by atoms with Gasteiger partial charge in [-0.3, -0.25) is 4.79 Å². The zero-order valence-corrected chi connectivity index (χ0v) is 14.6. The van der Waals surface area contributed by atoms with Crippen LogP contribution < -0.4 is 0 Å². The van der Waals surface area contributed by atoms with Crippen LogP contribution in [0.4, 0.5) is 0 Å². The number of ketones is 1. The first kappa shape index (κ1) is 22.5. The van der Waals surface area contributed by atoms with Crippen molar-refractivity contribution in [3.8, 4) is 0 Å². The van der Waals surface area contributed by atoms with Crippen LogP contribution >= 0.6 is 0 Å². The van der Waals surface area contributed by atoms with E-state index in [0.29, 0.717) is 0 Å². The molecule has 2 aliphatic rings. The van der Waals surface area contributed by atoms with E-state index in [1.54, 1.807) is 0 Å². The summed E-state index contributed by atoms with van der Waals surface area (Å²) < 4.78 is 20.8. The lowest BCUT2D eigenvalue weighted by Gasteiger charge is -2.46. The summed E-state index contributed by atoms with van der Waals surface area (Å²) in [5.41, 5.74) is 0. The van der Waals surface area contributed by atoms with Gasteiger partial charge in [-0.05, 0) is 6.92 Å². The Morgan fingerprint density at radius 2 is 1.48 bits per heavy atom. The van der Waals surface area contributed by atoms with Gasteiger partial charge in [-0.25, -0.2) is 0 Å². The largest absolute Gasteiger partial charge is 0.394 e. The molecule has 0 bridgehead atoms. The highest BCUT2D eigenvalue weighted by molar-refractivity contribution is 5.76. The lowest BCUT2D eigenvalue weighted by atomic mass is 9.97. The minimum absolute atomic E-state index is 0.368. The fourth-order valence-electron chi connectivity index (χ4n) is 2.97. The summed E-state index contributed by atoms with van der Waals surface area (Å²) in [6.45, 7) is -0.528. The van der Waals surface area contributed by atoms with Gasteiger partial charge in [0.25, 0.3) is 0 Å². The van der Waals surface area contributed by atoms with Crippen molar-refractivity contribution < 1.29 is 59.5 Å². The third-order valence-corrected chi connectivity index (χ3v) is 4.43. The zero-order chi connectivity index (χ0) is 20.3. The van der Waals surface area contributed by atoms with E-state index in [-0.39, 0.29) is 5.78 Å².